The van der Waals surface area contributed by atoms with Crippen LogP contribution in [-0.2, 0) is 46.2 Å². The smallest absolute Gasteiger partial charge is 0.335 e. The molecule has 5 rings (SSSR count). The highest BCUT2D eigenvalue weighted by Gasteiger charge is 2.35. The molecule has 6 N–H and O–H groups in total. The molecule has 3 amide bonds. The fourth-order valence-electron chi connectivity index (χ4n) is 7.06. The topological polar surface area (TPSA) is 236 Å². The molecule has 3 aromatic carbocycles. The van der Waals surface area contributed by atoms with Gasteiger partial charge >= 0.3 is 5.97 Å². The highest BCUT2D eigenvalue weighted by molar-refractivity contribution is 7.13. The van der Waals surface area contributed by atoms with Crippen molar-refractivity contribution in [1.82, 2.24) is 25.8 Å². The van der Waals surface area contributed by atoms with Crippen molar-refractivity contribution < 1.29 is 62.3 Å². The number of anilines is 1. The molecule has 1 aliphatic heterocycles. The van der Waals surface area contributed by atoms with E-state index in [-0.39, 0.29) is 117 Å². The van der Waals surface area contributed by atoms with Crippen molar-refractivity contribution >= 4 is 46.4 Å². The Balaban J connectivity index is 0.000000587. The minimum absolute atomic E-state index is 0.0190. The number of carbonyl (C=O) groups is 5. The van der Waals surface area contributed by atoms with Gasteiger partial charge in [0.1, 0.15) is 37.7 Å². The van der Waals surface area contributed by atoms with Crippen molar-refractivity contribution in [1.29, 1.82) is 0 Å². The number of carbonyl (C=O) groups excluding carboxylic acids is 4. The number of aliphatic hydroxyl groups is 1. The molecule has 20 heteroatoms. The van der Waals surface area contributed by atoms with Gasteiger partial charge in [0.25, 0.3) is 0 Å². The van der Waals surface area contributed by atoms with E-state index < -0.39 is 11.8 Å². The molecule has 18 nitrogen and oxygen atoms in total. The number of hydrogen-bond acceptors (Lipinski definition) is 15. The summed E-state index contributed by atoms with van der Waals surface area (Å²) < 4.78 is 43.5. The fourth-order valence-corrected chi connectivity index (χ4v) is 7.61. The zero-order valence-corrected chi connectivity index (χ0v) is 40.7. The van der Waals surface area contributed by atoms with E-state index in [1.165, 1.54) is 47.7 Å². The maximum Gasteiger partial charge on any atom is 0.335 e. The number of likely N-dealkylation sites (N-methyl/N-ethyl adjacent to an activating group) is 2. The predicted molar refractivity (Wildman–Crippen MR) is 259 cm³/mol. The number of carboxylic acids is 1. The van der Waals surface area contributed by atoms with Crippen LogP contribution in [0.3, 0.4) is 0 Å². The molecule has 1 aliphatic rings. The molecule has 4 aromatic rings. The molecule has 0 unspecified atom stereocenters. The van der Waals surface area contributed by atoms with Gasteiger partial charge in [-0.3, -0.25) is 14.4 Å². The van der Waals surface area contributed by atoms with Crippen LogP contribution >= 0.6 is 11.3 Å². The normalized spacial score (nSPS) is 13.8. The quantitative estimate of drug-likeness (QED) is 0.0350. The second-order valence-electron chi connectivity index (χ2n) is 16.8. The number of carboxylic acid groups (broad SMARTS) is 1. The first-order chi connectivity index (χ1) is 33.1. The van der Waals surface area contributed by atoms with E-state index in [0.717, 1.165) is 12.1 Å². The number of rotatable bonds is 27. The summed E-state index contributed by atoms with van der Waals surface area (Å²) in [5, 5.41) is 32.7. The predicted octanol–water partition coefficient (Wildman–Crippen LogP) is 4.73. The van der Waals surface area contributed by atoms with Crippen LogP contribution in [0.2, 0.25) is 0 Å². The summed E-state index contributed by atoms with van der Waals surface area (Å²) >= 11 is 1.31. The second-order valence-corrected chi connectivity index (χ2v) is 17.7. The third-order valence-electron chi connectivity index (χ3n) is 10.4. The number of aromatic nitrogens is 1. The molecule has 0 saturated carbocycles. The van der Waals surface area contributed by atoms with Crippen molar-refractivity contribution in [3.05, 3.63) is 88.7 Å². The lowest BCUT2D eigenvalue weighted by Gasteiger charge is -2.32. The molecule has 0 aliphatic carbocycles. The lowest BCUT2D eigenvalue weighted by atomic mass is 9.86. The second kappa shape index (κ2) is 29.2. The molecule has 69 heavy (non-hydrogen) atoms. The molecule has 2 heterocycles. The maximum absolute atomic E-state index is 15.4. The zero-order valence-electron chi connectivity index (χ0n) is 39.8. The van der Waals surface area contributed by atoms with Crippen LogP contribution in [0.25, 0.3) is 11.1 Å². The van der Waals surface area contributed by atoms with Gasteiger partial charge in [-0.2, -0.15) is 0 Å². The van der Waals surface area contributed by atoms with E-state index in [1.54, 1.807) is 41.7 Å². The van der Waals surface area contributed by atoms with Gasteiger partial charge in [-0.05, 0) is 91.5 Å². The van der Waals surface area contributed by atoms with E-state index in [2.05, 4.69) is 26.3 Å². The standard InChI is InChI=1S/C38H43FN4O10S.C11H22N2O2/c1-2-40-10-9-28-21-33(52-19-18-49-14-11-41-36(46)25-51-17-16-50-15-13-44)34(22-29(28)23-35(45)43-38-42-12-20-54-38)53-30-7-8-31(32(39)24-30)26-3-5-27(6-4-26)37(47)48;1-11(2,3)9(12-4)10(15)13-6-5-8(14)7-13/h3-8,12-13,20-22,24,40H,2,9-11,14-19,23,25H2,1H3,(H,41,46)(H,47,48)(H,42,43,45);8-9,12,14H,5-7H2,1-4H3/t;8-,9-/m.1/s1. The monoisotopic (exact) mass is 980 g/mol. The van der Waals surface area contributed by atoms with Gasteiger partial charge in [0.2, 0.25) is 17.7 Å². The minimum atomic E-state index is -1.08. The Kier molecular flexibility index (Phi) is 23.6. The number of aliphatic hydroxyl groups excluding tert-OH is 1. The van der Waals surface area contributed by atoms with Crippen molar-refractivity contribution in [2.45, 2.75) is 59.1 Å². The number of aromatic carboxylic acids is 1. The van der Waals surface area contributed by atoms with Crippen LogP contribution in [-0.4, -0.2) is 148 Å². The lowest BCUT2D eigenvalue weighted by molar-refractivity contribution is -0.135. The molecule has 0 radical (unpaired) electrons. The van der Waals surface area contributed by atoms with E-state index in [1.807, 2.05) is 27.7 Å². The van der Waals surface area contributed by atoms with Crippen LogP contribution in [0.4, 0.5) is 9.52 Å². The summed E-state index contributed by atoms with van der Waals surface area (Å²) in [6.45, 7) is 11.6. The van der Waals surface area contributed by atoms with E-state index >= 15 is 4.39 Å². The van der Waals surface area contributed by atoms with E-state index in [9.17, 15) is 34.2 Å². The molecular weight excluding hydrogens is 916 g/mol. The largest absolute Gasteiger partial charge is 0.487 e. The molecule has 376 valence electrons. The Labute approximate surface area is 406 Å². The number of nitrogens with zero attached hydrogens (tertiary/aromatic N) is 2. The van der Waals surface area contributed by atoms with Gasteiger partial charge in [-0.15, -0.1) is 11.3 Å². The average Bonchev–Trinajstić information content (AvgIpc) is 4.00. The van der Waals surface area contributed by atoms with Crippen molar-refractivity contribution in [2.24, 2.45) is 5.41 Å². The van der Waals surface area contributed by atoms with Gasteiger partial charge in [-0.1, -0.05) is 39.8 Å². The molecular formula is C49H65FN6O12S. The molecule has 0 spiro atoms. The number of likely N-dealkylation sites (tertiary alicyclic amines) is 1. The lowest BCUT2D eigenvalue weighted by Crippen LogP contribution is -2.51. The minimum Gasteiger partial charge on any atom is -0.487 e. The Bertz CT molecular complexity index is 2240. The van der Waals surface area contributed by atoms with Gasteiger partial charge in [-0.25, -0.2) is 14.2 Å². The maximum atomic E-state index is 15.4. The first-order valence-electron chi connectivity index (χ1n) is 22.7. The number of ether oxygens (including phenoxy) is 5. The summed E-state index contributed by atoms with van der Waals surface area (Å²) in [5.41, 5.74) is 2.28. The third-order valence-corrected chi connectivity index (χ3v) is 11.1. The number of β-amino-alcohol motifs (C(OH)–C–C–N with tert-alkyl or cyclic N) is 1. The molecule has 1 saturated heterocycles. The van der Waals surface area contributed by atoms with Gasteiger partial charge in [0.05, 0.1) is 50.6 Å². The van der Waals surface area contributed by atoms with Crippen LogP contribution in [0, 0.1) is 11.2 Å². The Morgan fingerprint density at radius 2 is 1.68 bits per heavy atom. The van der Waals surface area contributed by atoms with E-state index in [0.29, 0.717) is 60.8 Å². The SMILES string of the molecule is CCNCCc1cc(OCCOCCNC(=O)COCCOCC=O)c(Oc2ccc(-c3ccc(C(=O)O)cc3)c(F)c2)cc1CC(=O)Nc1nccs1.CN[C@H](C(=O)N1CC[C@@H](O)C1)C(C)(C)C. The van der Waals surface area contributed by atoms with Crippen molar-refractivity contribution in [2.75, 3.05) is 91.3 Å². The summed E-state index contributed by atoms with van der Waals surface area (Å²) in [6, 6.07) is 13.6. The van der Waals surface area contributed by atoms with Crippen LogP contribution < -0.4 is 30.7 Å². The highest BCUT2D eigenvalue weighted by Crippen LogP contribution is 2.37. The zero-order chi connectivity index (χ0) is 50.2. The Hall–Kier alpha value is -5.87. The summed E-state index contributed by atoms with van der Waals surface area (Å²) in [5.74, 6) is -1.38. The number of benzene rings is 3. The highest BCUT2D eigenvalue weighted by atomic mass is 32.1. The number of nitrogens with one attached hydrogen (secondary N) is 4. The van der Waals surface area contributed by atoms with Crippen LogP contribution in [0.15, 0.2) is 66.2 Å². The number of amides is 3. The van der Waals surface area contributed by atoms with E-state index in [4.69, 9.17) is 23.7 Å². The van der Waals surface area contributed by atoms with Gasteiger partial charge in [0, 0.05) is 42.8 Å². The molecule has 2 atom stereocenters. The van der Waals surface area contributed by atoms with Crippen molar-refractivity contribution in [3.63, 3.8) is 0 Å². The van der Waals surface area contributed by atoms with Crippen LogP contribution in [0.5, 0.6) is 17.2 Å². The molecule has 1 aromatic heterocycles. The first kappa shape index (κ1) is 55.7. The molecule has 0 bridgehead atoms. The summed E-state index contributed by atoms with van der Waals surface area (Å²) in [7, 11) is 1.81. The number of hydrogen-bond donors (Lipinski definition) is 6. The summed E-state index contributed by atoms with van der Waals surface area (Å²) in [6.07, 6.45) is 3.20. The Morgan fingerprint density at radius 1 is 0.942 bits per heavy atom. The first-order valence-corrected chi connectivity index (χ1v) is 23.6. The van der Waals surface area contributed by atoms with Gasteiger partial charge in [0.15, 0.2) is 16.6 Å². The Morgan fingerprint density at radius 3 is 2.32 bits per heavy atom. The fraction of sp³-hybridized carbons (Fsp3) is 0.469. The third kappa shape index (κ3) is 19.2. The number of aldehydes is 1. The van der Waals surface area contributed by atoms with Gasteiger partial charge < -0.3 is 64.9 Å². The average molecular weight is 981 g/mol. The summed E-state index contributed by atoms with van der Waals surface area (Å²) in [4.78, 5) is 64.5. The van der Waals surface area contributed by atoms with Crippen molar-refractivity contribution in [3.8, 4) is 28.4 Å². The number of halogens is 1. The number of thiazole rings is 1. The molecule has 1 fully saturated rings. The van der Waals surface area contributed by atoms with Crippen LogP contribution in [0.1, 0.15) is 55.6 Å².